The third-order valence-corrected chi connectivity index (χ3v) is 3.80. The first-order valence-corrected chi connectivity index (χ1v) is 7.72. The van der Waals surface area contributed by atoms with Crippen LogP contribution in [0.2, 0.25) is 0 Å². The van der Waals surface area contributed by atoms with Gasteiger partial charge in [0.25, 0.3) is 0 Å². The maximum atomic E-state index is 4.69. The van der Waals surface area contributed by atoms with Gasteiger partial charge >= 0.3 is 0 Å². The number of rotatable bonds is 7. The smallest absolute Gasteiger partial charge is 0.102 e. The number of hydrogen-bond donors (Lipinski definition) is 2. The predicted octanol–water partition coefficient (Wildman–Crippen LogP) is 2.84. The lowest BCUT2D eigenvalue weighted by molar-refractivity contribution is 0.508. The van der Waals surface area contributed by atoms with E-state index in [1.807, 2.05) is 26.3 Å². The molecule has 0 aliphatic carbocycles. The van der Waals surface area contributed by atoms with Gasteiger partial charge in [0.2, 0.25) is 0 Å². The highest BCUT2D eigenvalue weighted by atomic mass is 14.9. The molecule has 2 rings (SSSR count). The highest BCUT2D eigenvalue weighted by Crippen LogP contribution is 2.13. The van der Waals surface area contributed by atoms with Crippen LogP contribution >= 0.6 is 0 Å². The van der Waals surface area contributed by atoms with Gasteiger partial charge in [-0.05, 0) is 26.7 Å². The number of aromatic nitrogens is 4. The van der Waals surface area contributed by atoms with Crippen LogP contribution in [0.15, 0.2) is 22.6 Å². The number of aliphatic imine (C=N–C) groups is 2. The van der Waals surface area contributed by atoms with Crippen molar-refractivity contribution in [3.8, 4) is 0 Å². The molecule has 0 aliphatic heterocycles. The maximum Gasteiger partial charge on any atom is 0.102 e. The van der Waals surface area contributed by atoms with Crippen molar-refractivity contribution in [3.05, 3.63) is 35.4 Å². The average molecular weight is 300 g/mol. The Morgan fingerprint density at radius 2 is 1.32 bits per heavy atom. The van der Waals surface area contributed by atoms with Crippen LogP contribution in [0.3, 0.4) is 0 Å². The highest BCUT2D eigenvalue weighted by molar-refractivity contribution is 5.79. The minimum absolute atomic E-state index is 0.150. The summed E-state index contributed by atoms with van der Waals surface area (Å²) in [5.74, 6) is 0. The van der Waals surface area contributed by atoms with Gasteiger partial charge in [0.1, 0.15) is 11.4 Å². The van der Waals surface area contributed by atoms with Gasteiger partial charge in [-0.25, -0.2) is 9.97 Å². The fraction of sp³-hybridized carbons (Fsp3) is 0.500. The molecular formula is C16H24N6. The molecule has 0 amide bonds. The first kappa shape index (κ1) is 16.1. The zero-order valence-electron chi connectivity index (χ0n) is 13.7. The average Bonchev–Trinajstić information content (AvgIpc) is 3.11. The van der Waals surface area contributed by atoms with Crippen LogP contribution in [-0.4, -0.2) is 44.4 Å². The molecule has 6 heteroatoms. The van der Waals surface area contributed by atoms with Gasteiger partial charge in [-0.2, -0.15) is 0 Å². The number of H-pyrrole nitrogens is 2. The van der Waals surface area contributed by atoms with E-state index in [0.29, 0.717) is 0 Å². The van der Waals surface area contributed by atoms with E-state index in [0.717, 1.165) is 35.6 Å². The molecule has 0 radical (unpaired) electrons. The van der Waals surface area contributed by atoms with Gasteiger partial charge in [-0.1, -0.05) is 13.8 Å². The van der Waals surface area contributed by atoms with E-state index in [9.17, 15) is 0 Å². The lowest BCUT2D eigenvalue weighted by Gasteiger charge is -2.17. The van der Waals surface area contributed by atoms with Crippen molar-refractivity contribution >= 4 is 12.4 Å². The van der Waals surface area contributed by atoms with Crippen molar-refractivity contribution < 1.29 is 0 Å². The summed E-state index contributed by atoms with van der Waals surface area (Å²) in [5, 5.41) is 0. The van der Waals surface area contributed by atoms with Crippen molar-refractivity contribution in [2.75, 3.05) is 0 Å². The van der Waals surface area contributed by atoms with Gasteiger partial charge in [-0.3, -0.25) is 9.98 Å². The topological polar surface area (TPSA) is 82.1 Å². The molecule has 2 aromatic rings. The Balaban J connectivity index is 2.10. The third-order valence-electron chi connectivity index (χ3n) is 3.80. The van der Waals surface area contributed by atoms with Gasteiger partial charge in [0.15, 0.2) is 0 Å². The van der Waals surface area contributed by atoms with Crippen molar-refractivity contribution in [1.29, 1.82) is 0 Å². The molecule has 0 aliphatic rings. The van der Waals surface area contributed by atoms with Crippen molar-refractivity contribution in [2.45, 2.75) is 52.6 Å². The van der Waals surface area contributed by atoms with E-state index in [1.165, 1.54) is 0 Å². The SMILES string of the molecule is CC[C@H](N=Cc1nc[nH]c1C)[C@H](CC)N=Cc1nc[nH]c1C. The Bertz CT molecular complexity index is 580. The van der Waals surface area contributed by atoms with E-state index >= 15 is 0 Å². The fourth-order valence-electron chi connectivity index (χ4n) is 2.29. The summed E-state index contributed by atoms with van der Waals surface area (Å²) in [6.45, 7) is 8.25. The van der Waals surface area contributed by atoms with Crippen LogP contribution < -0.4 is 0 Å². The highest BCUT2D eigenvalue weighted by Gasteiger charge is 2.16. The van der Waals surface area contributed by atoms with Crippen LogP contribution in [0.5, 0.6) is 0 Å². The molecule has 2 aromatic heterocycles. The molecule has 118 valence electrons. The lowest BCUT2D eigenvalue weighted by Crippen LogP contribution is -2.22. The summed E-state index contributed by atoms with van der Waals surface area (Å²) in [6, 6.07) is 0.299. The largest absolute Gasteiger partial charge is 0.348 e. The third kappa shape index (κ3) is 3.90. The zero-order chi connectivity index (χ0) is 15.9. The molecule has 2 atom stereocenters. The molecule has 0 unspecified atom stereocenters. The molecule has 0 saturated carbocycles. The van der Waals surface area contributed by atoms with Gasteiger partial charge in [-0.15, -0.1) is 0 Å². The van der Waals surface area contributed by atoms with E-state index in [2.05, 4.69) is 43.8 Å². The van der Waals surface area contributed by atoms with Crippen LogP contribution in [0.25, 0.3) is 0 Å². The minimum Gasteiger partial charge on any atom is -0.348 e. The number of nitrogens with one attached hydrogen (secondary N) is 2. The van der Waals surface area contributed by atoms with Crippen molar-refractivity contribution in [1.82, 2.24) is 19.9 Å². The van der Waals surface area contributed by atoms with Crippen LogP contribution in [0.4, 0.5) is 0 Å². The Kier molecular flexibility index (Phi) is 5.63. The molecular weight excluding hydrogens is 276 g/mol. The van der Waals surface area contributed by atoms with Crippen molar-refractivity contribution in [3.63, 3.8) is 0 Å². The normalized spacial score (nSPS) is 14.9. The Morgan fingerprint density at radius 1 is 0.909 bits per heavy atom. The molecule has 0 fully saturated rings. The first-order chi connectivity index (χ1) is 10.7. The standard InChI is InChI=1S/C16H24N6/c1-5-13(17-7-15-11(3)19-9-21-15)14(6-2)18-8-16-12(4)20-10-22-16/h7-10,13-14H,5-6H2,1-4H3,(H,19,21)(H,20,22)/t13-,14-/m0/s1. The molecule has 2 N–H and O–H groups in total. The van der Waals surface area contributed by atoms with E-state index in [-0.39, 0.29) is 12.1 Å². The van der Waals surface area contributed by atoms with Crippen molar-refractivity contribution in [2.24, 2.45) is 9.98 Å². The molecule has 2 heterocycles. The fourth-order valence-corrected chi connectivity index (χ4v) is 2.29. The summed E-state index contributed by atoms with van der Waals surface area (Å²) in [6.07, 6.45) is 8.95. The number of aryl methyl sites for hydroxylation is 2. The summed E-state index contributed by atoms with van der Waals surface area (Å²) in [4.78, 5) is 24.0. The van der Waals surface area contributed by atoms with E-state index in [1.54, 1.807) is 12.7 Å². The van der Waals surface area contributed by atoms with E-state index < -0.39 is 0 Å². The number of hydrogen-bond acceptors (Lipinski definition) is 4. The number of nitrogens with zero attached hydrogens (tertiary/aromatic N) is 4. The minimum atomic E-state index is 0.150. The number of aromatic amines is 2. The molecule has 22 heavy (non-hydrogen) atoms. The number of imidazole rings is 2. The second-order valence-electron chi connectivity index (χ2n) is 5.33. The molecule has 0 bridgehead atoms. The second kappa shape index (κ2) is 7.68. The predicted molar refractivity (Wildman–Crippen MR) is 90.0 cm³/mol. The molecule has 0 saturated heterocycles. The van der Waals surface area contributed by atoms with Crippen LogP contribution in [0, 0.1) is 13.8 Å². The van der Waals surface area contributed by atoms with Gasteiger partial charge < -0.3 is 9.97 Å². The van der Waals surface area contributed by atoms with Crippen LogP contribution in [0.1, 0.15) is 49.5 Å². The summed E-state index contributed by atoms with van der Waals surface area (Å²) >= 11 is 0. The lowest BCUT2D eigenvalue weighted by atomic mass is 10.0. The Morgan fingerprint density at radius 3 is 1.59 bits per heavy atom. The quantitative estimate of drug-likeness (QED) is 0.771. The summed E-state index contributed by atoms with van der Waals surface area (Å²) < 4.78 is 0. The maximum absolute atomic E-state index is 4.69. The zero-order valence-corrected chi connectivity index (χ0v) is 13.7. The Hall–Kier alpha value is -2.24. The molecule has 0 spiro atoms. The molecule has 6 nitrogen and oxygen atoms in total. The van der Waals surface area contributed by atoms with Gasteiger partial charge in [0.05, 0.1) is 24.7 Å². The summed E-state index contributed by atoms with van der Waals surface area (Å²) in [7, 11) is 0. The van der Waals surface area contributed by atoms with Gasteiger partial charge in [0, 0.05) is 23.8 Å². The van der Waals surface area contributed by atoms with E-state index in [4.69, 9.17) is 0 Å². The second-order valence-corrected chi connectivity index (χ2v) is 5.33. The first-order valence-electron chi connectivity index (χ1n) is 7.72. The van der Waals surface area contributed by atoms with Crippen LogP contribution in [-0.2, 0) is 0 Å². The Labute approximate surface area is 131 Å². The molecule has 0 aromatic carbocycles. The monoisotopic (exact) mass is 300 g/mol. The summed E-state index contributed by atoms with van der Waals surface area (Å²) in [5.41, 5.74) is 3.84.